The van der Waals surface area contributed by atoms with Gasteiger partial charge in [-0.1, -0.05) is 55.8 Å². The fourth-order valence-electron chi connectivity index (χ4n) is 5.44. The van der Waals surface area contributed by atoms with Crippen molar-refractivity contribution in [1.29, 1.82) is 0 Å². The first-order chi connectivity index (χ1) is 17.6. The molecule has 204 valence electrons. The molecule has 1 aliphatic carbocycles. The molecule has 1 aromatic rings. The summed E-state index contributed by atoms with van der Waals surface area (Å²) in [6, 6.07) is 2.53. The van der Waals surface area contributed by atoms with Crippen molar-refractivity contribution in [2.75, 3.05) is 13.1 Å². The van der Waals surface area contributed by atoms with E-state index in [1.165, 1.54) is 43.9 Å². The molecule has 2 atom stereocenters. The van der Waals surface area contributed by atoms with Crippen molar-refractivity contribution in [3.63, 3.8) is 0 Å². The van der Waals surface area contributed by atoms with Crippen molar-refractivity contribution >= 4 is 46.9 Å². The third-order valence-electron chi connectivity index (χ3n) is 7.67. The minimum absolute atomic E-state index is 0.0481. The number of carbonyl (C=O) groups is 4. The lowest BCUT2D eigenvalue weighted by atomic mass is 9.77. The topological polar surface area (TPSA) is 116 Å². The summed E-state index contributed by atoms with van der Waals surface area (Å²) >= 11 is 12.1. The maximum atomic E-state index is 13.5. The molecule has 37 heavy (non-hydrogen) atoms. The number of nitrogens with zero attached hydrogens (tertiary/aromatic N) is 1. The van der Waals surface area contributed by atoms with E-state index in [0.29, 0.717) is 41.4 Å². The molecule has 0 bridgehead atoms. The Morgan fingerprint density at radius 3 is 2.14 bits per heavy atom. The molecular formula is C27H37Cl2N3O5. The van der Waals surface area contributed by atoms with Crippen molar-refractivity contribution in [1.82, 2.24) is 15.5 Å². The highest BCUT2D eigenvalue weighted by atomic mass is 35.5. The molecule has 2 aliphatic rings. The van der Waals surface area contributed by atoms with E-state index >= 15 is 0 Å². The summed E-state index contributed by atoms with van der Waals surface area (Å²) < 4.78 is 0. The molecule has 1 saturated carbocycles. The Labute approximate surface area is 228 Å². The maximum absolute atomic E-state index is 13.5. The van der Waals surface area contributed by atoms with Gasteiger partial charge < -0.3 is 20.6 Å². The van der Waals surface area contributed by atoms with E-state index in [2.05, 4.69) is 10.6 Å². The summed E-state index contributed by atoms with van der Waals surface area (Å²) in [6.45, 7) is 3.19. The zero-order valence-electron chi connectivity index (χ0n) is 21.4. The minimum Gasteiger partial charge on any atom is -0.480 e. The molecule has 1 aromatic carbocycles. The van der Waals surface area contributed by atoms with Gasteiger partial charge in [0.15, 0.2) is 0 Å². The number of amides is 3. The number of piperidine rings is 1. The van der Waals surface area contributed by atoms with Crippen LogP contribution in [0.4, 0.5) is 0 Å². The van der Waals surface area contributed by atoms with Crippen molar-refractivity contribution in [3.8, 4) is 0 Å². The standard InChI is InChI=1S/C27H37Cl2N3O5/c1-2-3-6-22(26(36)37)30-23(33)8-7-21(31-24(34)18-15-19(28)17-20(29)16-18)25(35)32-13-11-27(12-14-32)9-4-5-10-27/h15-17,21-22H,2-14H2,1H3,(H,30,33)(H,31,34)(H,36,37)/t21-,22?/m1/s1. The predicted octanol–water partition coefficient (Wildman–Crippen LogP) is 4.81. The molecule has 0 radical (unpaired) electrons. The van der Waals surface area contributed by atoms with Crippen LogP contribution in [0.1, 0.15) is 87.9 Å². The number of hydrogen-bond donors (Lipinski definition) is 3. The maximum Gasteiger partial charge on any atom is 0.326 e. The molecule has 1 saturated heterocycles. The summed E-state index contributed by atoms with van der Waals surface area (Å²) in [6.07, 6.45) is 8.54. The second-order valence-electron chi connectivity index (χ2n) is 10.4. The van der Waals surface area contributed by atoms with Gasteiger partial charge in [0.1, 0.15) is 12.1 Å². The fourth-order valence-corrected chi connectivity index (χ4v) is 5.96. The molecule has 3 N–H and O–H groups in total. The SMILES string of the molecule is CCCCC(NC(=O)CC[C@@H](NC(=O)c1cc(Cl)cc(Cl)c1)C(=O)N1CCC2(CCCC2)CC1)C(=O)O. The number of likely N-dealkylation sites (tertiary alicyclic amines) is 1. The lowest BCUT2D eigenvalue weighted by Gasteiger charge is -2.40. The zero-order chi connectivity index (χ0) is 27.0. The van der Waals surface area contributed by atoms with Crippen molar-refractivity contribution in [3.05, 3.63) is 33.8 Å². The van der Waals surface area contributed by atoms with Crippen LogP contribution in [-0.4, -0.2) is 58.9 Å². The van der Waals surface area contributed by atoms with Crippen LogP contribution in [0.15, 0.2) is 18.2 Å². The summed E-state index contributed by atoms with van der Waals surface area (Å²) in [5, 5.41) is 15.3. The number of benzene rings is 1. The van der Waals surface area contributed by atoms with Gasteiger partial charge in [0.05, 0.1) is 0 Å². The molecule has 0 aromatic heterocycles. The summed E-state index contributed by atoms with van der Waals surface area (Å²) in [5.41, 5.74) is 0.547. The average molecular weight is 555 g/mol. The van der Waals surface area contributed by atoms with Crippen LogP contribution in [0, 0.1) is 5.41 Å². The third kappa shape index (κ3) is 8.34. The number of hydrogen-bond acceptors (Lipinski definition) is 4. The third-order valence-corrected chi connectivity index (χ3v) is 8.10. The number of halogens is 2. The molecule has 2 fully saturated rings. The Hall–Kier alpha value is -2.32. The highest BCUT2D eigenvalue weighted by Gasteiger charge is 2.39. The first kappa shape index (κ1) is 29.2. The number of aliphatic carboxylic acids is 1. The van der Waals surface area contributed by atoms with Crippen molar-refractivity contribution in [2.45, 2.75) is 89.6 Å². The van der Waals surface area contributed by atoms with Gasteiger partial charge in [0.2, 0.25) is 11.8 Å². The number of carboxylic acid groups (broad SMARTS) is 1. The van der Waals surface area contributed by atoms with Crippen LogP contribution in [0.5, 0.6) is 0 Å². The van der Waals surface area contributed by atoms with Gasteiger partial charge in [-0.05, 0) is 62.1 Å². The minimum atomic E-state index is -1.09. The number of carbonyl (C=O) groups excluding carboxylic acids is 3. The number of nitrogens with one attached hydrogen (secondary N) is 2. The Bertz CT molecular complexity index is 966. The van der Waals surface area contributed by atoms with Gasteiger partial charge in [-0.15, -0.1) is 0 Å². The van der Waals surface area contributed by atoms with Gasteiger partial charge in [-0.2, -0.15) is 0 Å². The average Bonchev–Trinajstić information content (AvgIpc) is 3.31. The van der Waals surface area contributed by atoms with E-state index in [1.807, 2.05) is 6.92 Å². The molecular weight excluding hydrogens is 517 g/mol. The van der Waals surface area contributed by atoms with Gasteiger partial charge in [-0.3, -0.25) is 14.4 Å². The van der Waals surface area contributed by atoms with E-state index in [-0.39, 0.29) is 24.3 Å². The monoisotopic (exact) mass is 553 g/mol. The number of unbranched alkanes of at least 4 members (excludes halogenated alkanes) is 1. The van der Waals surface area contributed by atoms with Gasteiger partial charge in [-0.25, -0.2) is 4.79 Å². The number of carboxylic acids is 1. The molecule has 1 aliphatic heterocycles. The number of rotatable bonds is 11. The molecule has 1 spiro atoms. The normalized spacial score (nSPS) is 18.3. The zero-order valence-corrected chi connectivity index (χ0v) is 22.9. The van der Waals surface area contributed by atoms with Crippen LogP contribution in [0.3, 0.4) is 0 Å². The quantitative estimate of drug-likeness (QED) is 0.363. The highest BCUT2D eigenvalue weighted by molar-refractivity contribution is 6.35. The summed E-state index contributed by atoms with van der Waals surface area (Å²) in [7, 11) is 0. The smallest absolute Gasteiger partial charge is 0.326 e. The lowest BCUT2D eigenvalue weighted by molar-refractivity contribution is -0.142. The van der Waals surface area contributed by atoms with Crippen LogP contribution in [-0.2, 0) is 14.4 Å². The summed E-state index contributed by atoms with van der Waals surface area (Å²) in [5.74, 6) is -2.30. The molecule has 3 amide bonds. The van der Waals surface area contributed by atoms with Crippen LogP contribution in [0.25, 0.3) is 0 Å². The van der Waals surface area contributed by atoms with Gasteiger partial charge >= 0.3 is 5.97 Å². The first-order valence-electron chi connectivity index (χ1n) is 13.2. The van der Waals surface area contributed by atoms with E-state index in [4.69, 9.17) is 23.2 Å². The molecule has 10 heteroatoms. The van der Waals surface area contributed by atoms with Crippen LogP contribution in [0.2, 0.25) is 10.0 Å². The second-order valence-corrected chi connectivity index (χ2v) is 11.2. The lowest BCUT2D eigenvalue weighted by Crippen LogP contribution is -2.52. The van der Waals surface area contributed by atoms with Gasteiger partial charge in [0.25, 0.3) is 5.91 Å². The van der Waals surface area contributed by atoms with E-state index in [0.717, 1.165) is 19.3 Å². The van der Waals surface area contributed by atoms with E-state index in [1.54, 1.807) is 4.90 Å². The second kappa shape index (κ2) is 13.5. The molecule has 8 nitrogen and oxygen atoms in total. The van der Waals surface area contributed by atoms with E-state index < -0.39 is 29.9 Å². The van der Waals surface area contributed by atoms with Crippen molar-refractivity contribution < 1.29 is 24.3 Å². The molecule has 1 unspecified atom stereocenters. The Kier molecular flexibility index (Phi) is 10.6. The van der Waals surface area contributed by atoms with Crippen LogP contribution < -0.4 is 10.6 Å². The largest absolute Gasteiger partial charge is 0.480 e. The summed E-state index contributed by atoms with van der Waals surface area (Å²) in [4.78, 5) is 52.4. The Balaban J connectivity index is 1.68. The highest BCUT2D eigenvalue weighted by Crippen LogP contribution is 2.46. The van der Waals surface area contributed by atoms with Crippen LogP contribution >= 0.6 is 23.2 Å². The van der Waals surface area contributed by atoms with E-state index in [9.17, 15) is 24.3 Å². The first-order valence-corrected chi connectivity index (χ1v) is 14.0. The molecule has 1 heterocycles. The molecule has 3 rings (SSSR count). The fraction of sp³-hybridized carbons (Fsp3) is 0.630. The Morgan fingerprint density at radius 2 is 1.57 bits per heavy atom. The van der Waals surface area contributed by atoms with Gasteiger partial charge in [0, 0.05) is 35.1 Å². The Morgan fingerprint density at radius 1 is 0.946 bits per heavy atom. The predicted molar refractivity (Wildman–Crippen MR) is 143 cm³/mol. The van der Waals surface area contributed by atoms with Crippen molar-refractivity contribution in [2.24, 2.45) is 5.41 Å².